The third kappa shape index (κ3) is 9.00. The van der Waals surface area contributed by atoms with Crippen LogP contribution in [0.15, 0.2) is 29.3 Å². The Morgan fingerprint density at radius 2 is 1.83 bits per heavy atom. The summed E-state index contributed by atoms with van der Waals surface area (Å²) in [7, 11) is 3.62. The fourth-order valence-corrected chi connectivity index (χ4v) is 2.07. The van der Waals surface area contributed by atoms with Crippen molar-refractivity contribution in [3.8, 4) is 0 Å². The number of rotatable bonds is 4. The predicted octanol–water partition coefficient (Wildman–Crippen LogP) is 2.88. The summed E-state index contributed by atoms with van der Waals surface area (Å²) in [5.74, 6) is 0.604. The van der Waals surface area contributed by atoms with Gasteiger partial charge in [0.2, 0.25) is 5.91 Å². The molecule has 0 heterocycles. The van der Waals surface area contributed by atoms with Crippen molar-refractivity contribution in [1.29, 1.82) is 0 Å². The lowest BCUT2D eigenvalue weighted by Gasteiger charge is -2.24. The third-order valence-corrected chi connectivity index (χ3v) is 3.08. The lowest BCUT2D eigenvalue weighted by molar-refractivity contribution is -0.121. The summed E-state index contributed by atoms with van der Waals surface area (Å²) >= 11 is 5.88. The molecule has 0 fully saturated rings. The Hall–Kier alpha value is -1.02. The highest BCUT2D eigenvalue weighted by molar-refractivity contribution is 14.0. The molecule has 0 atom stereocenters. The van der Waals surface area contributed by atoms with Crippen LogP contribution in [0.1, 0.15) is 26.3 Å². The quantitative estimate of drug-likeness (QED) is 0.420. The fraction of sp³-hybridized carbons (Fsp3) is 0.500. The lowest BCUT2D eigenvalue weighted by Crippen LogP contribution is -2.48. The average Bonchev–Trinajstić information content (AvgIpc) is 2.40. The molecule has 0 radical (unpaired) electrons. The molecule has 0 aliphatic rings. The fourth-order valence-electron chi connectivity index (χ4n) is 1.95. The second-order valence-corrected chi connectivity index (χ2v) is 6.62. The van der Waals surface area contributed by atoms with Gasteiger partial charge in [-0.3, -0.25) is 9.79 Å². The second kappa shape index (κ2) is 9.97. The molecule has 1 aromatic carbocycles. The Bertz CT molecular complexity index is 526. The molecule has 1 aromatic rings. The van der Waals surface area contributed by atoms with E-state index in [0.29, 0.717) is 17.5 Å². The minimum Gasteiger partial charge on any atom is -0.350 e. The van der Waals surface area contributed by atoms with E-state index < -0.39 is 0 Å². The molecule has 0 aromatic heterocycles. The zero-order valence-electron chi connectivity index (χ0n) is 14.3. The van der Waals surface area contributed by atoms with Crippen molar-refractivity contribution < 1.29 is 4.79 Å². The molecule has 0 saturated carbocycles. The van der Waals surface area contributed by atoms with Crippen LogP contribution in [0.3, 0.4) is 0 Å². The summed E-state index contributed by atoms with van der Waals surface area (Å²) in [6, 6.07) is 7.66. The number of nitrogens with zero attached hydrogens (tertiary/aromatic N) is 2. The van der Waals surface area contributed by atoms with E-state index in [0.717, 1.165) is 5.56 Å². The van der Waals surface area contributed by atoms with E-state index in [2.05, 4.69) is 15.6 Å². The highest BCUT2D eigenvalue weighted by Gasteiger charge is 2.14. The van der Waals surface area contributed by atoms with Crippen LogP contribution in [-0.4, -0.2) is 42.9 Å². The predicted molar refractivity (Wildman–Crippen MR) is 108 cm³/mol. The molecule has 1 rings (SSSR count). The smallest absolute Gasteiger partial charge is 0.239 e. The molecule has 0 unspecified atom stereocenters. The molecular formula is C16H26ClIN4O. The molecule has 130 valence electrons. The molecule has 0 aliphatic carbocycles. The summed E-state index contributed by atoms with van der Waals surface area (Å²) in [5, 5.41) is 6.68. The van der Waals surface area contributed by atoms with Crippen LogP contribution >= 0.6 is 35.6 Å². The molecule has 5 nitrogen and oxygen atoms in total. The third-order valence-electron chi connectivity index (χ3n) is 2.83. The lowest BCUT2D eigenvalue weighted by atomic mass is 10.1. The van der Waals surface area contributed by atoms with Crippen LogP contribution < -0.4 is 10.6 Å². The van der Waals surface area contributed by atoms with Gasteiger partial charge in [-0.05, 0) is 38.5 Å². The molecular weight excluding hydrogens is 427 g/mol. The summed E-state index contributed by atoms with van der Waals surface area (Å²) in [4.78, 5) is 18.0. The molecule has 7 heteroatoms. The van der Waals surface area contributed by atoms with E-state index >= 15 is 0 Å². The number of aliphatic imine (C=N–C) groups is 1. The van der Waals surface area contributed by atoms with E-state index in [9.17, 15) is 4.79 Å². The van der Waals surface area contributed by atoms with Crippen molar-refractivity contribution in [1.82, 2.24) is 15.5 Å². The Morgan fingerprint density at radius 3 is 2.30 bits per heavy atom. The van der Waals surface area contributed by atoms with Crippen LogP contribution in [0.2, 0.25) is 5.02 Å². The largest absolute Gasteiger partial charge is 0.350 e. The van der Waals surface area contributed by atoms with Crippen molar-refractivity contribution in [3.05, 3.63) is 34.9 Å². The Morgan fingerprint density at radius 1 is 1.26 bits per heavy atom. The van der Waals surface area contributed by atoms with E-state index in [1.807, 2.05) is 57.0 Å². The van der Waals surface area contributed by atoms with Crippen molar-refractivity contribution in [3.63, 3.8) is 0 Å². The van der Waals surface area contributed by atoms with Gasteiger partial charge in [0.15, 0.2) is 5.96 Å². The molecule has 0 spiro atoms. The summed E-state index contributed by atoms with van der Waals surface area (Å²) in [6.07, 6.45) is 0. The topological polar surface area (TPSA) is 56.7 Å². The Kier molecular flexibility index (Phi) is 9.53. The molecule has 23 heavy (non-hydrogen) atoms. The minimum atomic E-state index is -0.239. The van der Waals surface area contributed by atoms with Crippen LogP contribution in [0, 0.1) is 0 Å². The van der Waals surface area contributed by atoms with Crippen molar-refractivity contribution in [2.24, 2.45) is 4.99 Å². The number of hydrogen-bond acceptors (Lipinski definition) is 2. The number of hydrogen-bond donors (Lipinski definition) is 2. The second-order valence-electron chi connectivity index (χ2n) is 6.18. The maximum atomic E-state index is 11.8. The molecule has 0 saturated heterocycles. The first-order chi connectivity index (χ1) is 10.2. The maximum Gasteiger partial charge on any atom is 0.239 e. The number of halogens is 2. The first-order valence-electron chi connectivity index (χ1n) is 7.18. The van der Waals surface area contributed by atoms with Gasteiger partial charge in [0.25, 0.3) is 0 Å². The van der Waals surface area contributed by atoms with Gasteiger partial charge < -0.3 is 15.5 Å². The molecule has 2 N–H and O–H groups in total. The molecule has 1 amide bonds. The monoisotopic (exact) mass is 452 g/mol. The van der Waals surface area contributed by atoms with Crippen molar-refractivity contribution in [2.45, 2.75) is 32.9 Å². The number of carbonyl (C=O) groups is 1. The number of nitrogens with one attached hydrogen (secondary N) is 2. The van der Waals surface area contributed by atoms with Gasteiger partial charge in [-0.25, -0.2) is 0 Å². The molecule has 0 aliphatic heterocycles. The van der Waals surface area contributed by atoms with Crippen molar-refractivity contribution >= 4 is 47.4 Å². The van der Waals surface area contributed by atoms with Crippen LogP contribution in [0.5, 0.6) is 0 Å². The number of benzene rings is 1. The average molecular weight is 453 g/mol. The summed E-state index contributed by atoms with van der Waals surface area (Å²) in [6.45, 7) is 6.72. The standard InChI is InChI=1S/C16H25ClN4O.HI/c1-16(2,3)20-14(22)10-19-15(18-4)21(5)11-12-6-8-13(17)9-7-12;/h6-9H,10-11H2,1-5H3,(H,18,19)(H,20,22);1H. The van der Waals surface area contributed by atoms with Gasteiger partial charge in [0.1, 0.15) is 0 Å². The first kappa shape index (κ1) is 22.0. The van der Waals surface area contributed by atoms with Gasteiger partial charge >= 0.3 is 0 Å². The van der Waals surface area contributed by atoms with Gasteiger partial charge in [0.05, 0.1) is 6.54 Å². The first-order valence-corrected chi connectivity index (χ1v) is 7.56. The van der Waals surface area contributed by atoms with Gasteiger partial charge in [-0.1, -0.05) is 23.7 Å². The SMILES string of the molecule is CN=C(NCC(=O)NC(C)(C)C)N(C)Cc1ccc(Cl)cc1.I. The van der Waals surface area contributed by atoms with E-state index in [4.69, 9.17) is 11.6 Å². The number of guanidine groups is 1. The van der Waals surface area contributed by atoms with Crippen molar-refractivity contribution in [2.75, 3.05) is 20.6 Å². The zero-order valence-corrected chi connectivity index (χ0v) is 17.4. The Balaban J connectivity index is 0.00000484. The summed E-state index contributed by atoms with van der Waals surface area (Å²) < 4.78 is 0. The van der Waals surface area contributed by atoms with Gasteiger partial charge in [-0.2, -0.15) is 0 Å². The minimum absolute atomic E-state index is 0. The maximum absolute atomic E-state index is 11.8. The highest BCUT2D eigenvalue weighted by Crippen LogP contribution is 2.10. The number of amides is 1. The highest BCUT2D eigenvalue weighted by atomic mass is 127. The van der Waals surface area contributed by atoms with Gasteiger partial charge in [-0.15, -0.1) is 24.0 Å². The van der Waals surface area contributed by atoms with E-state index in [1.54, 1.807) is 7.05 Å². The zero-order chi connectivity index (χ0) is 16.8. The van der Waals surface area contributed by atoms with Crippen LogP contribution in [-0.2, 0) is 11.3 Å². The Labute approximate surface area is 160 Å². The molecule has 0 bridgehead atoms. The van der Waals surface area contributed by atoms with E-state index in [1.165, 1.54) is 0 Å². The number of carbonyl (C=O) groups excluding carboxylic acids is 1. The van der Waals surface area contributed by atoms with E-state index in [-0.39, 0.29) is 42.0 Å². The van der Waals surface area contributed by atoms with Crippen LogP contribution in [0.4, 0.5) is 0 Å². The summed E-state index contributed by atoms with van der Waals surface area (Å²) in [5.41, 5.74) is 0.881. The normalized spacial score (nSPS) is 11.5. The van der Waals surface area contributed by atoms with Gasteiger partial charge in [0, 0.05) is 31.2 Å². The van der Waals surface area contributed by atoms with Crippen LogP contribution in [0.25, 0.3) is 0 Å².